The number of esters is 1. The Morgan fingerprint density at radius 1 is 1.50 bits per heavy atom. The normalized spacial score (nSPS) is 9.62. The molecule has 0 atom stereocenters. The van der Waals surface area contributed by atoms with Crippen LogP contribution in [0.25, 0.3) is 0 Å². The molecule has 1 aromatic rings. The van der Waals surface area contributed by atoms with E-state index < -0.39 is 17.8 Å². The van der Waals surface area contributed by atoms with E-state index in [-0.39, 0.29) is 18.5 Å². The van der Waals surface area contributed by atoms with E-state index in [2.05, 4.69) is 15.0 Å². The van der Waals surface area contributed by atoms with E-state index in [1.807, 2.05) is 0 Å². The van der Waals surface area contributed by atoms with Gasteiger partial charge < -0.3 is 10.1 Å². The number of nitrogens with one attached hydrogen (secondary N) is 1. The summed E-state index contributed by atoms with van der Waals surface area (Å²) >= 11 is 0. The molecule has 0 aromatic carbocycles. The fraction of sp³-hybridized carbons (Fsp3) is 0.300. The summed E-state index contributed by atoms with van der Waals surface area (Å²) in [5, 5.41) is 2.48. The van der Waals surface area contributed by atoms with Crippen LogP contribution in [0.3, 0.4) is 0 Å². The van der Waals surface area contributed by atoms with Gasteiger partial charge in [-0.15, -0.1) is 0 Å². The van der Waals surface area contributed by atoms with E-state index in [0.29, 0.717) is 0 Å². The Morgan fingerprint density at radius 3 is 2.81 bits per heavy atom. The van der Waals surface area contributed by atoms with E-state index in [9.17, 15) is 14.0 Å². The molecule has 1 aromatic heterocycles. The van der Waals surface area contributed by atoms with Gasteiger partial charge in [0.15, 0.2) is 0 Å². The van der Waals surface area contributed by atoms with Crippen LogP contribution in [0, 0.1) is 5.95 Å². The van der Waals surface area contributed by atoms with Gasteiger partial charge in [0.05, 0.1) is 19.1 Å². The third-order valence-electron chi connectivity index (χ3n) is 1.83. The molecule has 1 heterocycles. The van der Waals surface area contributed by atoms with E-state index in [0.717, 1.165) is 12.3 Å². The maximum Gasteiger partial charge on any atom is 0.307 e. The number of amides is 1. The summed E-state index contributed by atoms with van der Waals surface area (Å²) in [4.78, 5) is 25.5. The first-order valence-corrected chi connectivity index (χ1v) is 4.60. The molecule has 0 bridgehead atoms. The van der Waals surface area contributed by atoms with Crippen molar-refractivity contribution in [3.8, 4) is 0 Å². The third-order valence-corrected chi connectivity index (χ3v) is 1.83. The molecule has 0 spiro atoms. The van der Waals surface area contributed by atoms with E-state index in [1.54, 1.807) is 0 Å². The Labute approximate surface area is 91.6 Å². The highest BCUT2D eigenvalue weighted by Gasteiger charge is 2.06. The minimum atomic E-state index is -0.647. The second-order valence-corrected chi connectivity index (χ2v) is 2.95. The summed E-state index contributed by atoms with van der Waals surface area (Å²) in [7, 11) is 1.27. The predicted octanol–water partition coefficient (Wildman–Crippen LogP) is 0.514. The monoisotopic (exact) mass is 226 g/mol. The van der Waals surface area contributed by atoms with Crippen molar-refractivity contribution >= 4 is 11.9 Å². The van der Waals surface area contributed by atoms with Crippen LogP contribution in [-0.4, -0.2) is 30.5 Å². The average Bonchev–Trinajstić information content (AvgIpc) is 2.29. The van der Waals surface area contributed by atoms with Crippen molar-refractivity contribution in [2.24, 2.45) is 0 Å². The Hall–Kier alpha value is -1.98. The first kappa shape index (κ1) is 12.1. The number of carbonyl (C=O) groups is 2. The lowest BCUT2D eigenvalue weighted by Crippen LogP contribution is -2.26. The van der Waals surface area contributed by atoms with Crippen LogP contribution < -0.4 is 5.32 Å². The predicted molar refractivity (Wildman–Crippen MR) is 53.2 cm³/mol. The minimum Gasteiger partial charge on any atom is -0.469 e. The van der Waals surface area contributed by atoms with Crippen LogP contribution in [-0.2, 0) is 9.53 Å². The van der Waals surface area contributed by atoms with Crippen molar-refractivity contribution in [2.45, 2.75) is 6.42 Å². The molecule has 0 aliphatic carbocycles. The standard InChI is InChI=1S/C10H11FN2O3/c1-16-9(14)4-5-12-10(15)7-2-3-8(11)13-6-7/h2-3,6H,4-5H2,1H3,(H,12,15). The van der Waals surface area contributed by atoms with E-state index >= 15 is 0 Å². The fourth-order valence-electron chi connectivity index (χ4n) is 0.992. The average molecular weight is 226 g/mol. The molecule has 0 unspecified atom stereocenters. The zero-order valence-electron chi connectivity index (χ0n) is 8.70. The number of nitrogens with zero attached hydrogens (tertiary/aromatic N) is 1. The minimum absolute atomic E-state index is 0.0941. The second-order valence-electron chi connectivity index (χ2n) is 2.95. The summed E-state index contributed by atoms with van der Waals surface area (Å²) in [5.74, 6) is -1.46. The molecule has 0 fully saturated rings. The van der Waals surface area contributed by atoms with Crippen LogP contribution in [0.4, 0.5) is 4.39 Å². The molecular formula is C10H11FN2O3. The maximum atomic E-state index is 12.4. The molecule has 16 heavy (non-hydrogen) atoms. The molecule has 0 saturated heterocycles. The number of ether oxygens (including phenoxy) is 1. The molecule has 6 heteroatoms. The van der Waals surface area contributed by atoms with Gasteiger partial charge in [-0.1, -0.05) is 0 Å². The van der Waals surface area contributed by atoms with Gasteiger partial charge in [-0.25, -0.2) is 4.98 Å². The van der Waals surface area contributed by atoms with Crippen molar-refractivity contribution in [1.29, 1.82) is 0 Å². The van der Waals surface area contributed by atoms with E-state index in [1.165, 1.54) is 13.2 Å². The van der Waals surface area contributed by atoms with Gasteiger partial charge >= 0.3 is 5.97 Å². The highest BCUT2D eigenvalue weighted by molar-refractivity contribution is 5.93. The molecule has 5 nitrogen and oxygen atoms in total. The lowest BCUT2D eigenvalue weighted by molar-refractivity contribution is -0.140. The van der Waals surface area contributed by atoms with Crippen LogP contribution in [0.2, 0.25) is 0 Å². The van der Waals surface area contributed by atoms with Crippen molar-refractivity contribution in [3.05, 3.63) is 29.8 Å². The highest BCUT2D eigenvalue weighted by atomic mass is 19.1. The number of aromatic nitrogens is 1. The summed E-state index contributed by atoms with van der Waals surface area (Å²) < 4.78 is 16.9. The number of rotatable bonds is 4. The van der Waals surface area contributed by atoms with Gasteiger partial charge in [0.2, 0.25) is 5.95 Å². The molecule has 1 N–H and O–H groups in total. The Bertz CT molecular complexity index is 378. The largest absolute Gasteiger partial charge is 0.469 e. The maximum absolute atomic E-state index is 12.4. The third kappa shape index (κ3) is 3.64. The molecule has 0 saturated carbocycles. The number of hydrogen-bond donors (Lipinski definition) is 1. The Kier molecular flexibility index (Phi) is 4.38. The van der Waals surface area contributed by atoms with Crippen molar-refractivity contribution in [2.75, 3.05) is 13.7 Å². The molecule has 0 aliphatic heterocycles. The topological polar surface area (TPSA) is 68.3 Å². The lowest BCUT2D eigenvalue weighted by atomic mass is 10.2. The molecule has 1 amide bonds. The number of carbonyl (C=O) groups excluding carboxylic acids is 2. The fourth-order valence-corrected chi connectivity index (χ4v) is 0.992. The molecule has 0 aliphatic rings. The van der Waals surface area contributed by atoms with Gasteiger partial charge in [0.1, 0.15) is 0 Å². The van der Waals surface area contributed by atoms with Crippen molar-refractivity contribution in [1.82, 2.24) is 10.3 Å². The molecule has 0 radical (unpaired) electrons. The van der Waals surface area contributed by atoms with Crippen LogP contribution in [0.1, 0.15) is 16.8 Å². The van der Waals surface area contributed by atoms with Gasteiger partial charge in [-0.05, 0) is 12.1 Å². The molecule has 86 valence electrons. The number of methoxy groups -OCH3 is 1. The SMILES string of the molecule is COC(=O)CCNC(=O)c1ccc(F)nc1. The van der Waals surface area contributed by atoms with Crippen molar-refractivity contribution < 1.29 is 18.7 Å². The van der Waals surface area contributed by atoms with Gasteiger partial charge in [-0.3, -0.25) is 9.59 Å². The zero-order chi connectivity index (χ0) is 12.0. The highest BCUT2D eigenvalue weighted by Crippen LogP contribution is 1.98. The van der Waals surface area contributed by atoms with Crippen LogP contribution in [0.5, 0.6) is 0 Å². The van der Waals surface area contributed by atoms with Gasteiger partial charge in [-0.2, -0.15) is 4.39 Å². The van der Waals surface area contributed by atoms with Crippen molar-refractivity contribution in [3.63, 3.8) is 0 Å². The van der Waals surface area contributed by atoms with Gasteiger partial charge in [0.25, 0.3) is 5.91 Å². The van der Waals surface area contributed by atoms with Gasteiger partial charge in [0, 0.05) is 12.7 Å². The first-order chi connectivity index (χ1) is 7.63. The summed E-state index contributed by atoms with van der Waals surface area (Å²) in [6.45, 7) is 0.170. The lowest BCUT2D eigenvalue weighted by Gasteiger charge is -2.03. The Morgan fingerprint density at radius 2 is 2.25 bits per heavy atom. The smallest absolute Gasteiger partial charge is 0.307 e. The van der Waals surface area contributed by atoms with Crippen LogP contribution >= 0.6 is 0 Å². The first-order valence-electron chi connectivity index (χ1n) is 4.60. The second kappa shape index (κ2) is 5.79. The van der Waals surface area contributed by atoms with Crippen LogP contribution in [0.15, 0.2) is 18.3 Å². The zero-order valence-corrected chi connectivity index (χ0v) is 8.70. The quantitative estimate of drug-likeness (QED) is 0.600. The van der Waals surface area contributed by atoms with E-state index in [4.69, 9.17) is 0 Å². The summed E-state index contributed by atoms with van der Waals surface area (Å²) in [6.07, 6.45) is 1.22. The molecular weight excluding hydrogens is 215 g/mol. The number of halogens is 1. The summed E-state index contributed by atoms with van der Waals surface area (Å²) in [6, 6.07) is 2.41. The Balaban J connectivity index is 2.41. The molecule has 1 rings (SSSR count). The summed E-state index contributed by atoms with van der Waals surface area (Å²) in [5.41, 5.74) is 0.242. The number of hydrogen-bond acceptors (Lipinski definition) is 4. The number of pyridine rings is 1.